The minimum absolute atomic E-state index is 0.163. The first kappa shape index (κ1) is 13.1. The number of nitrogens with zero attached hydrogens (tertiary/aromatic N) is 1. The summed E-state index contributed by atoms with van der Waals surface area (Å²) in [6.07, 6.45) is 0.940. The minimum atomic E-state index is -0.629. The number of hydrogen-bond acceptors (Lipinski definition) is 6. The predicted molar refractivity (Wildman–Crippen MR) is 61.3 cm³/mol. The van der Waals surface area contributed by atoms with E-state index in [4.69, 9.17) is 10.6 Å². The Bertz CT molecular complexity index is 418. The Labute approximate surface area is 98.9 Å². The van der Waals surface area contributed by atoms with E-state index in [0.717, 1.165) is 11.8 Å². The lowest BCUT2D eigenvalue weighted by molar-refractivity contribution is -0.126. The van der Waals surface area contributed by atoms with E-state index in [1.165, 1.54) is 7.11 Å². The first-order valence-electron chi connectivity index (χ1n) is 4.87. The number of benzene rings is 1. The van der Waals surface area contributed by atoms with E-state index >= 15 is 0 Å². The zero-order chi connectivity index (χ0) is 12.7. The molecule has 2 N–H and O–H groups in total. The fraction of sp³-hybridized carbons (Fsp3) is 0.273. The number of carbonyl (C=O) groups is 1. The van der Waals surface area contributed by atoms with Gasteiger partial charge in [0.05, 0.1) is 6.61 Å². The molecule has 0 atom stereocenters. The molecule has 1 aromatic carbocycles. The van der Waals surface area contributed by atoms with Gasteiger partial charge < -0.3 is 9.57 Å². The predicted octanol–water partition coefficient (Wildman–Crippen LogP) is 0.923. The zero-order valence-corrected chi connectivity index (χ0v) is 9.67. The number of hydrogen-bond donors (Lipinski definition) is 1. The van der Waals surface area contributed by atoms with Gasteiger partial charge in [0.1, 0.15) is 12.9 Å². The van der Waals surface area contributed by atoms with Crippen molar-refractivity contribution >= 4 is 12.2 Å². The molecule has 0 bridgehead atoms. The second kappa shape index (κ2) is 6.62. The van der Waals surface area contributed by atoms with Crippen LogP contribution < -0.4 is 10.6 Å². The average molecular weight is 238 g/mol. The largest absolute Gasteiger partial charge is 0.422 e. The van der Waals surface area contributed by atoms with Crippen molar-refractivity contribution in [3.63, 3.8) is 0 Å². The zero-order valence-electron chi connectivity index (χ0n) is 9.67. The molecule has 0 aliphatic heterocycles. The lowest BCUT2D eigenvalue weighted by Gasteiger charge is -2.10. The molecular formula is C11H14N2O4. The smallest absolute Gasteiger partial charge is 0.358 e. The van der Waals surface area contributed by atoms with E-state index in [9.17, 15) is 4.79 Å². The van der Waals surface area contributed by atoms with E-state index in [0.29, 0.717) is 11.3 Å². The molecule has 6 heteroatoms. The fourth-order valence-electron chi connectivity index (χ4n) is 1.27. The van der Waals surface area contributed by atoms with Crippen LogP contribution in [0.3, 0.4) is 0 Å². The van der Waals surface area contributed by atoms with Crippen molar-refractivity contribution in [2.75, 3.05) is 7.11 Å². The van der Waals surface area contributed by atoms with Gasteiger partial charge in [0.25, 0.3) is 0 Å². The van der Waals surface area contributed by atoms with E-state index in [-0.39, 0.29) is 6.61 Å². The normalized spacial score (nSPS) is 10.5. The van der Waals surface area contributed by atoms with Crippen molar-refractivity contribution in [2.24, 2.45) is 11.1 Å². The topological polar surface area (TPSA) is 83.1 Å². The lowest BCUT2D eigenvalue weighted by atomic mass is 10.1. The molecule has 0 aliphatic rings. The monoisotopic (exact) mass is 238 g/mol. The molecule has 0 heterocycles. The van der Waals surface area contributed by atoms with Crippen LogP contribution in [0.5, 0.6) is 5.75 Å². The molecule has 6 nitrogen and oxygen atoms in total. The van der Waals surface area contributed by atoms with Gasteiger partial charge in [-0.1, -0.05) is 17.3 Å². The number of rotatable bonds is 5. The number of aryl methyl sites for hydroxylation is 1. The molecule has 1 rings (SSSR count). The third kappa shape index (κ3) is 3.86. The molecule has 0 spiro atoms. The number of nitrogens with two attached hydrogens (primary N) is 1. The highest BCUT2D eigenvalue weighted by molar-refractivity contribution is 6.23. The molecule has 0 radical (unpaired) electrons. The van der Waals surface area contributed by atoms with Gasteiger partial charge in [-0.3, -0.25) is 4.84 Å². The molecule has 0 saturated carbocycles. The second-order valence-electron chi connectivity index (χ2n) is 3.20. The maximum atomic E-state index is 11.3. The van der Waals surface area contributed by atoms with Crippen LogP contribution in [0.25, 0.3) is 0 Å². The number of oxime groups is 1. The molecule has 92 valence electrons. The summed E-state index contributed by atoms with van der Waals surface area (Å²) in [6.45, 7) is 2.03. The third-order valence-corrected chi connectivity index (χ3v) is 2.07. The summed E-state index contributed by atoms with van der Waals surface area (Å²) in [5, 5.41) is 3.31. The van der Waals surface area contributed by atoms with Gasteiger partial charge in [-0.15, -0.1) is 0 Å². The lowest BCUT2D eigenvalue weighted by Crippen LogP contribution is -2.12. The van der Waals surface area contributed by atoms with Crippen LogP contribution in [-0.2, 0) is 21.1 Å². The average Bonchev–Trinajstić information content (AvgIpc) is 2.31. The molecule has 17 heavy (non-hydrogen) atoms. The maximum Gasteiger partial charge on any atom is 0.358 e. The SMILES string of the molecule is CO/N=C/C(=O)Oc1cccc(C)c1CON. The van der Waals surface area contributed by atoms with Crippen LogP contribution in [0, 0.1) is 6.92 Å². The maximum absolute atomic E-state index is 11.3. The first-order valence-corrected chi connectivity index (χ1v) is 4.87. The van der Waals surface area contributed by atoms with E-state index in [1.807, 2.05) is 13.0 Å². The second-order valence-corrected chi connectivity index (χ2v) is 3.20. The van der Waals surface area contributed by atoms with E-state index < -0.39 is 5.97 Å². The molecule has 1 aromatic rings. The van der Waals surface area contributed by atoms with Crippen LogP contribution in [0.4, 0.5) is 0 Å². The summed E-state index contributed by atoms with van der Waals surface area (Å²) in [6, 6.07) is 5.29. The van der Waals surface area contributed by atoms with Crippen LogP contribution in [0.1, 0.15) is 11.1 Å². The minimum Gasteiger partial charge on any atom is -0.422 e. The van der Waals surface area contributed by atoms with Gasteiger partial charge in [0.2, 0.25) is 0 Å². The Morgan fingerprint density at radius 1 is 1.53 bits per heavy atom. The van der Waals surface area contributed by atoms with Crippen molar-refractivity contribution < 1.29 is 19.2 Å². The van der Waals surface area contributed by atoms with E-state index in [1.54, 1.807) is 12.1 Å². The van der Waals surface area contributed by atoms with Crippen LogP contribution in [0.2, 0.25) is 0 Å². The highest BCUT2D eigenvalue weighted by Gasteiger charge is 2.10. The van der Waals surface area contributed by atoms with E-state index in [2.05, 4.69) is 14.8 Å². The van der Waals surface area contributed by atoms with Crippen molar-refractivity contribution in [2.45, 2.75) is 13.5 Å². The molecule has 0 amide bonds. The van der Waals surface area contributed by atoms with Crippen molar-refractivity contribution in [3.05, 3.63) is 29.3 Å². The van der Waals surface area contributed by atoms with Gasteiger partial charge in [0, 0.05) is 5.56 Å². The Hall–Kier alpha value is -1.92. The summed E-state index contributed by atoms with van der Waals surface area (Å²) < 4.78 is 5.08. The highest BCUT2D eigenvalue weighted by atomic mass is 16.6. The standard InChI is InChI=1S/C11H14N2O4/c1-8-4-3-5-10(9(8)7-16-12)17-11(14)6-13-15-2/h3-6H,7,12H2,1-2H3/b13-6+. The summed E-state index contributed by atoms with van der Waals surface area (Å²) in [5.41, 5.74) is 1.64. The molecule has 0 aromatic heterocycles. The van der Waals surface area contributed by atoms with Crippen molar-refractivity contribution in [3.8, 4) is 5.75 Å². The summed E-state index contributed by atoms with van der Waals surface area (Å²) >= 11 is 0. The fourth-order valence-corrected chi connectivity index (χ4v) is 1.27. The molecular weight excluding hydrogens is 224 g/mol. The molecule has 0 unspecified atom stereocenters. The Morgan fingerprint density at radius 2 is 2.29 bits per heavy atom. The quantitative estimate of drug-likeness (QED) is 0.357. The molecule has 0 saturated heterocycles. The van der Waals surface area contributed by atoms with Gasteiger partial charge >= 0.3 is 5.97 Å². The summed E-state index contributed by atoms with van der Waals surface area (Å²) in [5.74, 6) is 4.79. The van der Waals surface area contributed by atoms with Gasteiger partial charge in [-0.2, -0.15) is 0 Å². The van der Waals surface area contributed by atoms with Crippen LogP contribution in [0.15, 0.2) is 23.4 Å². The van der Waals surface area contributed by atoms with Gasteiger partial charge in [-0.25, -0.2) is 10.7 Å². The Kier molecular flexibility index (Phi) is 5.12. The van der Waals surface area contributed by atoms with Crippen molar-refractivity contribution in [1.82, 2.24) is 0 Å². The highest BCUT2D eigenvalue weighted by Crippen LogP contribution is 2.22. The Balaban J connectivity index is 2.86. The summed E-state index contributed by atoms with van der Waals surface area (Å²) in [4.78, 5) is 20.3. The Morgan fingerprint density at radius 3 is 2.94 bits per heavy atom. The third-order valence-electron chi connectivity index (χ3n) is 2.07. The number of carbonyl (C=O) groups excluding carboxylic acids is 1. The molecule has 0 aliphatic carbocycles. The van der Waals surface area contributed by atoms with Crippen molar-refractivity contribution in [1.29, 1.82) is 0 Å². The first-order chi connectivity index (χ1) is 8.19. The number of esters is 1. The van der Waals surface area contributed by atoms with Gasteiger partial charge in [-0.05, 0) is 18.6 Å². The molecule has 0 fully saturated rings. The number of ether oxygens (including phenoxy) is 1. The summed E-state index contributed by atoms with van der Waals surface area (Å²) in [7, 11) is 1.34. The van der Waals surface area contributed by atoms with Crippen LogP contribution in [-0.4, -0.2) is 19.3 Å². The van der Waals surface area contributed by atoms with Gasteiger partial charge in [0.15, 0.2) is 6.21 Å². The van der Waals surface area contributed by atoms with Crippen LogP contribution >= 0.6 is 0 Å².